The average Bonchev–Trinajstić information content (AvgIpc) is 3.33. The highest BCUT2D eigenvalue weighted by Gasteiger charge is 2.41. The van der Waals surface area contributed by atoms with Crippen molar-refractivity contribution in [2.75, 3.05) is 0 Å². The van der Waals surface area contributed by atoms with Crippen LogP contribution < -0.4 is 0 Å². The average molecular weight is 355 g/mol. The van der Waals surface area contributed by atoms with Crippen LogP contribution >= 0.6 is 0 Å². The molecule has 3 nitrogen and oxygen atoms in total. The summed E-state index contributed by atoms with van der Waals surface area (Å²) in [5.74, 6) is -1.70. The van der Waals surface area contributed by atoms with Crippen LogP contribution in [0.2, 0.25) is 0 Å². The lowest BCUT2D eigenvalue weighted by Gasteiger charge is -2.26. The largest absolute Gasteiger partial charge is 0.480 e. The van der Waals surface area contributed by atoms with Crippen molar-refractivity contribution in [3.8, 4) is 11.1 Å². The van der Waals surface area contributed by atoms with Gasteiger partial charge in [-0.1, -0.05) is 12.2 Å². The molecule has 0 aliphatic heterocycles. The lowest BCUT2D eigenvalue weighted by atomic mass is 9.76. The molecule has 1 atom stereocenters. The van der Waals surface area contributed by atoms with E-state index in [1.165, 1.54) is 18.3 Å². The Kier molecular flexibility index (Phi) is 3.90. The molecule has 2 aliphatic rings. The van der Waals surface area contributed by atoms with Crippen LogP contribution in [0, 0.1) is 18.6 Å². The standard InChI is InChI=1S/C21H19F2NO2/c1-12-17(21(20(25)26)6-2-3-7-21)8-14(9-18(12)23)16-10-15(22)11-24-19(16)13-4-5-13/h2,6,8-11,13H,3-5,7H2,1H3,(H,25,26). The number of aliphatic carboxylic acids is 1. The number of benzene rings is 1. The number of allylic oxidation sites excluding steroid dienone is 1. The molecule has 4 rings (SSSR count). The first kappa shape index (κ1) is 16.9. The van der Waals surface area contributed by atoms with E-state index in [2.05, 4.69) is 4.98 Å². The van der Waals surface area contributed by atoms with E-state index >= 15 is 0 Å². The highest BCUT2D eigenvalue weighted by Crippen LogP contribution is 2.45. The summed E-state index contributed by atoms with van der Waals surface area (Å²) in [5.41, 5.74) is 1.31. The third kappa shape index (κ3) is 2.62. The van der Waals surface area contributed by atoms with Crippen molar-refractivity contribution in [3.05, 3.63) is 65.0 Å². The van der Waals surface area contributed by atoms with Gasteiger partial charge in [-0.05, 0) is 67.5 Å². The minimum absolute atomic E-state index is 0.262. The van der Waals surface area contributed by atoms with Gasteiger partial charge in [0.15, 0.2) is 0 Å². The lowest BCUT2D eigenvalue weighted by Crippen LogP contribution is -2.32. The van der Waals surface area contributed by atoms with E-state index < -0.39 is 23.0 Å². The summed E-state index contributed by atoms with van der Waals surface area (Å²) in [7, 11) is 0. The number of hydrogen-bond acceptors (Lipinski definition) is 2. The second-order valence-corrected chi connectivity index (χ2v) is 7.21. The van der Waals surface area contributed by atoms with E-state index in [9.17, 15) is 18.7 Å². The summed E-state index contributed by atoms with van der Waals surface area (Å²) < 4.78 is 28.6. The number of halogens is 2. The Bertz CT molecular complexity index is 934. The van der Waals surface area contributed by atoms with Gasteiger partial charge >= 0.3 is 5.97 Å². The first-order valence-corrected chi connectivity index (χ1v) is 8.80. The topological polar surface area (TPSA) is 50.2 Å². The van der Waals surface area contributed by atoms with Crippen molar-refractivity contribution in [1.82, 2.24) is 4.98 Å². The van der Waals surface area contributed by atoms with Crippen LogP contribution in [-0.2, 0) is 10.2 Å². The van der Waals surface area contributed by atoms with E-state index in [1.807, 2.05) is 6.08 Å². The van der Waals surface area contributed by atoms with E-state index in [0.29, 0.717) is 35.1 Å². The number of rotatable bonds is 4. The number of carboxylic acids is 1. The van der Waals surface area contributed by atoms with E-state index in [-0.39, 0.29) is 5.92 Å². The van der Waals surface area contributed by atoms with Gasteiger partial charge in [0.1, 0.15) is 17.0 Å². The first-order valence-electron chi connectivity index (χ1n) is 8.80. The van der Waals surface area contributed by atoms with Crippen LogP contribution in [0.3, 0.4) is 0 Å². The summed E-state index contributed by atoms with van der Waals surface area (Å²) in [6, 6.07) is 4.42. The Balaban J connectivity index is 1.93. The van der Waals surface area contributed by atoms with E-state index in [1.54, 1.807) is 19.1 Å². The van der Waals surface area contributed by atoms with E-state index in [4.69, 9.17) is 0 Å². The number of nitrogens with zero attached hydrogens (tertiary/aromatic N) is 1. The maximum atomic E-state index is 14.7. The molecule has 1 saturated carbocycles. The van der Waals surface area contributed by atoms with Crippen LogP contribution in [-0.4, -0.2) is 16.1 Å². The molecule has 0 radical (unpaired) electrons. The fraction of sp³-hybridized carbons (Fsp3) is 0.333. The molecule has 1 N–H and O–H groups in total. The normalized spacial score (nSPS) is 22.0. The predicted molar refractivity (Wildman–Crippen MR) is 94.0 cm³/mol. The number of pyridine rings is 1. The monoisotopic (exact) mass is 355 g/mol. The SMILES string of the molecule is Cc1c(F)cc(-c2cc(F)cnc2C2CC2)cc1C1(C(=O)O)C=CCC1. The molecular weight excluding hydrogens is 336 g/mol. The maximum absolute atomic E-state index is 14.7. The van der Waals surface area contributed by atoms with Gasteiger partial charge in [0.05, 0.1) is 11.9 Å². The summed E-state index contributed by atoms with van der Waals surface area (Å²) in [6.07, 6.45) is 7.63. The Morgan fingerprint density at radius 2 is 2.04 bits per heavy atom. The Labute approximate surface area is 150 Å². The van der Waals surface area contributed by atoms with Crippen LogP contribution in [0.15, 0.2) is 36.5 Å². The minimum atomic E-state index is -1.23. The fourth-order valence-corrected chi connectivity index (χ4v) is 3.86. The molecule has 2 aromatic rings. The van der Waals surface area contributed by atoms with Gasteiger partial charge < -0.3 is 5.11 Å². The number of carboxylic acid groups (broad SMARTS) is 1. The molecular formula is C21H19F2NO2. The highest BCUT2D eigenvalue weighted by atomic mass is 19.1. The molecule has 1 unspecified atom stereocenters. The van der Waals surface area contributed by atoms with Crippen LogP contribution in [0.1, 0.15) is 48.4 Å². The molecule has 134 valence electrons. The molecule has 0 spiro atoms. The van der Waals surface area contributed by atoms with Gasteiger partial charge in [-0.15, -0.1) is 0 Å². The smallest absolute Gasteiger partial charge is 0.318 e. The molecule has 1 heterocycles. The second-order valence-electron chi connectivity index (χ2n) is 7.21. The molecule has 5 heteroatoms. The second kappa shape index (κ2) is 6.01. The zero-order valence-corrected chi connectivity index (χ0v) is 14.4. The van der Waals surface area contributed by atoms with Gasteiger partial charge in [-0.3, -0.25) is 9.78 Å². The number of carbonyl (C=O) groups is 1. The third-order valence-electron chi connectivity index (χ3n) is 5.47. The third-order valence-corrected chi connectivity index (χ3v) is 5.47. The van der Waals surface area contributed by atoms with Crippen LogP contribution in [0.25, 0.3) is 11.1 Å². The summed E-state index contributed by atoms with van der Waals surface area (Å²) in [5, 5.41) is 9.84. The zero-order chi connectivity index (χ0) is 18.5. The molecule has 2 aliphatic carbocycles. The van der Waals surface area contributed by atoms with Gasteiger partial charge in [0, 0.05) is 11.5 Å². The Morgan fingerprint density at radius 1 is 1.27 bits per heavy atom. The number of hydrogen-bond donors (Lipinski definition) is 1. The van der Waals surface area contributed by atoms with Crippen molar-refractivity contribution < 1.29 is 18.7 Å². The highest BCUT2D eigenvalue weighted by molar-refractivity contribution is 5.86. The minimum Gasteiger partial charge on any atom is -0.480 e. The van der Waals surface area contributed by atoms with Crippen LogP contribution in [0.5, 0.6) is 0 Å². The van der Waals surface area contributed by atoms with Crippen molar-refractivity contribution >= 4 is 5.97 Å². The quantitative estimate of drug-likeness (QED) is 0.795. The molecule has 1 aromatic carbocycles. The Morgan fingerprint density at radius 3 is 2.65 bits per heavy atom. The van der Waals surface area contributed by atoms with Gasteiger partial charge in [-0.2, -0.15) is 0 Å². The molecule has 1 fully saturated rings. The van der Waals surface area contributed by atoms with Gasteiger partial charge in [0.2, 0.25) is 0 Å². The van der Waals surface area contributed by atoms with Crippen LogP contribution in [0.4, 0.5) is 8.78 Å². The van der Waals surface area contributed by atoms with Crippen molar-refractivity contribution in [2.24, 2.45) is 0 Å². The fourth-order valence-electron chi connectivity index (χ4n) is 3.86. The predicted octanol–water partition coefficient (Wildman–Crippen LogP) is 4.89. The van der Waals surface area contributed by atoms with Crippen molar-refractivity contribution in [2.45, 2.75) is 43.9 Å². The zero-order valence-electron chi connectivity index (χ0n) is 14.4. The van der Waals surface area contributed by atoms with E-state index in [0.717, 1.165) is 18.5 Å². The number of aromatic nitrogens is 1. The van der Waals surface area contributed by atoms with Crippen molar-refractivity contribution in [1.29, 1.82) is 0 Å². The van der Waals surface area contributed by atoms with Gasteiger partial charge in [0.25, 0.3) is 0 Å². The summed E-state index contributed by atoms with van der Waals surface area (Å²) in [4.78, 5) is 16.2. The summed E-state index contributed by atoms with van der Waals surface area (Å²) in [6.45, 7) is 1.59. The van der Waals surface area contributed by atoms with Crippen molar-refractivity contribution in [3.63, 3.8) is 0 Å². The maximum Gasteiger partial charge on any atom is 0.318 e. The molecule has 0 bridgehead atoms. The molecule has 1 aromatic heterocycles. The lowest BCUT2D eigenvalue weighted by molar-refractivity contribution is -0.141. The van der Waals surface area contributed by atoms with Gasteiger partial charge in [-0.25, -0.2) is 8.78 Å². The Hall–Kier alpha value is -2.56. The molecule has 0 amide bonds. The summed E-state index contributed by atoms with van der Waals surface area (Å²) >= 11 is 0. The first-order chi connectivity index (χ1) is 12.4. The molecule has 26 heavy (non-hydrogen) atoms. The molecule has 0 saturated heterocycles.